The average molecular weight is 456 g/mol. The summed E-state index contributed by atoms with van der Waals surface area (Å²) in [6.07, 6.45) is 0.0447. The largest absolute Gasteiger partial charge is 0.507 e. The molecule has 176 valence electrons. The number of primary amides is 1. The predicted octanol–water partition coefficient (Wildman–Crippen LogP) is 0.0725. The number of aromatic hydroxyl groups is 1. The Morgan fingerprint density at radius 1 is 1.18 bits per heavy atom. The zero-order chi connectivity index (χ0) is 24.2. The lowest BCUT2D eigenvalue weighted by Crippen LogP contribution is -2.68. The van der Waals surface area contributed by atoms with Gasteiger partial charge in [-0.15, -0.1) is 0 Å². The number of phenols is 1. The number of hydrogen-bond donors (Lipinski definition) is 4. The first-order valence-corrected chi connectivity index (χ1v) is 11.2. The van der Waals surface area contributed by atoms with E-state index >= 15 is 0 Å². The van der Waals surface area contributed by atoms with Gasteiger partial charge in [0, 0.05) is 18.9 Å². The Hall–Kier alpha value is -2.91. The fraction of sp³-hybridized carbons (Fsp3) is 0.542. The van der Waals surface area contributed by atoms with Crippen LogP contribution in [-0.4, -0.2) is 51.4 Å². The molecule has 1 amide bonds. The topological polar surface area (TPSA) is 164 Å². The van der Waals surface area contributed by atoms with Gasteiger partial charge in [0.2, 0.25) is 5.91 Å². The summed E-state index contributed by atoms with van der Waals surface area (Å²) in [6.45, 7) is 5.37. The maximum absolute atomic E-state index is 13.4. The van der Waals surface area contributed by atoms with Crippen molar-refractivity contribution in [1.82, 2.24) is 5.32 Å². The van der Waals surface area contributed by atoms with Gasteiger partial charge in [-0.1, -0.05) is 19.9 Å². The number of rotatable bonds is 5. The summed E-state index contributed by atoms with van der Waals surface area (Å²) in [5, 5.41) is 24.9. The minimum Gasteiger partial charge on any atom is -0.507 e. The van der Waals surface area contributed by atoms with E-state index in [1.54, 1.807) is 6.07 Å². The summed E-state index contributed by atoms with van der Waals surface area (Å²) in [5.41, 5.74) is 4.06. The first kappa shape index (κ1) is 23.3. The highest BCUT2D eigenvalue weighted by Gasteiger charge is 2.66. The molecule has 5 N–H and O–H groups in total. The molecule has 3 aliphatic rings. The fourth-order valence-electron chi connectivity index (χ4n) is 5.69. The van der Waals surface area contributed by atoms with Crippen molar-refractivity contribution >= 4 is 29.0 Å². The summed E-state index contributed by atoms with van der Waals surface area (Å²) in [6, 6.07) is 3.14. The van der Waals surface area contributed by atoms with Gasteiger partial charge in [-0.3, -0.25) is 24.0 Å². The van der Waals surface area contributed by atoms with Crippen molar-refractivity contribution in [2.75, 3.05) is 6.54 Å². The Morgan fingerprint density at radius 3 is 2.52 bits per heavy atom. The second-order valence-electron chi connectivity index (χ2n) is 9.86. The maximum Gasteiger partial charge on any atom is 0.235 e. The molecule has 0 bridgehead atoms. The number of phenolic OH excluding ortho intramolecular Hbond substituents is 1. The molecule has 2 saturated carbocycles. The predicted molar refractivity (Wildman–Crippen MR) is 115 cm³/mol. The molecule has 0 radical (unpaired) electrons. The molecule has 9 heteroatoms. The van der Waals surface area contributed by atoms with Gasteiger partial charge >= 0.3 is 0 Å². The Kier molecular flexibility index (Phi) is 5.74. The number of amides is 1. The van der Waals surface area contributed by atoms with Crippen LogP contribution in [-0.2, 0) is 32.1 Å². The number of carbonyl (C=O) groups excluding carboxylic acids is 5. The van der Waals surface area contributed by atoms with Crippen molar-refractivity contribution in [1.29, 1.82) is 0 Å². The van der Waals surface area contributed by atoms with Crippen LogP contribution in [0, 0.1) is 29.6 Å². The van der Waals surface area contributed by atoms with E-state index in [4.69, 9.17) is 5.73 Å². The van der Waals surface area contributed by atoms with Crippen molar-refractivity contribution in [2.24, 2.45) is 35.3 Å². The molecule has 4 rings (SSSR count). The van der Waals surface area contributed by atoms with Gasteiger partial charge in [0.15, 0.2) is 34.7 Å². The maximum atomic E-state index is 13.4. The van der Waals surface area contributed by atoms with Crippen LogP contribution >= 0.6 is 0 Å². The van der Waals surface area contributed by atoms with Crippen LogP contribution in [0.1, 0.15) is 48.2 Å². The fourth-order valence-corrected chi connectivity index (χ4v) is 5.69. The number of carbonyl (C=O) groups is 5. The number of ketones is 4. The van der Waals surface area contributed by atoms with E-state index in [0.717, 1.165) is 12.1 Å². The quantitative estimate of drug-likeness (QED) is 0.452. The monoisotopic (exact) mass is 456 g/mol. The van der Waals surface area contributed by atoms with E-state index in [1.807, 2.05) is 0 Å². The van der Waals surface area contributed by atoms with Crippen LogP contribution < -0.4 is 11.1 Å². The van der Waals surface area contributed by atoms with Gasteiger partial charge in [-0.2, -0.15) is 0 Å². The number of Topliss-reactive ketones (excluding diaryl/α,β-unsaturated/α-hetero) is 4. The van der Waals surface area contributed by atoms with Gasteiger partial charge in [0.25, 0.3) is 0 Å². The summed E-state index contributed by atoms with van der Waals surface area (Å²) in [5.74, 6) is -9.46. The van der Waals surface area contributed by atoms with Gasteiger partial charge in [-0.05, 0) is 48.4 Å². The van der Waals surface area contributed by atoms with Crippen LogP contribution in [0.25, 0.3) is 0 Å². The molecule has 0 heterocycles. The smallest absolute Gasteiger partial charge is 0.235 e. The van der Waals surface area contributed by atoms with E-state index in [2.05, 4.69) is 19.2 Å². The standard InChI is InChI=1S/C24H28N2O7/c1-10(2)8-26-9-11-3-4-15(27)18-14(11)6-12-5-13-7-16(28)19(23(25)32)22(31)24(13,33)21(30)17(12)20(18)29/h3-4,10,12-13,17,19,26-27,33H,5-9H2,1-2H3,(H2,25,32)/t12-,13+,17?,19?,24+/m1/s1. The molecule has 2 unspecified atom stereocenters. The first-order chi connectivity index (χ1) is 15.5. The Balaban J connectivity index is 1.72. The molecule has 33 heavy (non-hydrogen) atoms. The van der Waals surface area contributed by atoms with Crippen molar-refractivity contribution in [2.45, 2.75) is 45.3 Å². The van der Waals surface area contributed by atoms with Crippen LogP contribution in [0.4, 0.5) is 0 Å². The Bertz CT molecular complexity index is 1080. The van der Waals surface area contributed by atoms with E-state index in [9.17, 15) is 34.2 Å². The SMILES string of the molecule is CC(C)CNCc1ccc(O)c2c1C[C@H]1C[C@H]3CC(=O)C(C(N)=O)C(=O)[C@@]3(O)C(=O)C1C2=O. The minimum absolute atomic E-state index is 0.0290. The zero-order valence-electron chi connectivity index (χ0n) is 18.6. The van der Waals surface area contributed by atoms with Crippen molar-refractivity contribution < 1.29 is 34.2 Å². The summed E-state index contributed by atoms with van der Waals surface area (Å²) in [7, 11) is 0. The second-order valence-corrected chi connectivity index (χ2v) is 9.86. The molecule has 1 aromatic rings. The molecule has 1 aromatic carbocycles. The van der Waals surface area contributed by atoms with Crippen LogP contribution in [0.15, 0.2) is 12.1 Å². The molecular weight excluding hydrogens is 428 g/mol. The van der Waals surface area contributed by atoms with Gasteiger partial charge < -0.3 is 21.3 Å². The molecule has 3 aliphatic carbocycles. The summed E-state index contributed by atoms with van der Waals surface area (Å²) >= 11 is 0. The molecular formula is C24H28N2O7. The number of nitrogens with one attached hydrogen (secondary N) is 1. The highest BCUT2D eigenvalue weighted by Crippen LogP contribution is 2.50. The summed E-state index contributed by atoms with van der Waals surface area (Å²) < 4.78 is 0. The number of nitrogens with two attached hydrogens (primary N) is 1. The lowest BCUT2D eigenvalue weighted by molar-refractivity contribution is -0.175. The molecule has 0 aliphatic heterocycles. The molecule has 0 aromatic heterocycles. The van der Waals surface area contributed by atoms with Crippen LogP contribution in [0.2, 0.25) is 0 Å². The van der Waals surface area contributed by atoms with Crippen molar-refractivity contribution in [3.63, 3.8) is 0 Å². The third-order valence-electron chi connectivity index (χ3n) is 7.25. The van der Waals surface area contributed by atoms with Crippen LogP contribution in [0.5, 0.6) is 5.75 Å². The van der Waals surface area contributed by atoms with E-state index < -0.39 is 58.3 Å². The van der Waals surface area contributed by atoms with Crippen molar-refractivity contribution in [3.05, 3.63) is 28.8 Å². The molecule has 0 saturated heterocycles. The lowest BCUT2D eigenvalue weighted by Gasteiger charge is -2.48. The molecule has 2 fully saturated rings. The average Bonchev–Trinajstić information content (AvgIpc) is 2.71. The van der Waals surface area contributed by atoms with E-state index in [-0.39, 0.29) is 24.2 Å². The van der Waals surface area contributed by atoms with Gasteiger partial charge in [0.05, 0.1) is 11.5 Å². The summed E-state index contributed by atoms with van der Waals surface area (Å²) in [4.78, 5) is 63.8. The molecule has 0 spiro atoms. The molecule has 9 nitrogen and oxygen atoms in total. The third-order valence-corrected chi connectivity index (χ3v) is 7.25. The highest BCUT2D eigenvalue weighted by molar-refractivity contribution is 6.31. The minimum atomic E-state index is -2.62. The number of aliphatic hydroxyl groups is 1. The number of hydrogen-bond acceptors (Lipinski definition) is 8. The van der Waals surface area contributed by atoms with Crippen molar-refractivity contribution in [3.8, 4) is 5.75 Å². The Morgan fingerprint density at radius 2 is 1.88 bits per heavy atom. The number of fused-ring (bicyclic) bond motifs is 3. The second kappa shape index (κ2) is 8.14. The zero-order valence-corrected chi connectivity index (χ0v) is 18.6. The molecule has 5 atom stereocenters. The lowest BCUT2D eigenvalue weighted by atomic mass is 9.53. The normalized spacial score (nSPS) is 31.3. The number of benzene rings is 1. The third kappa shape index (κ3) is 3.50. The first-order valence-electron chi connectivity index (χ1n) is 11.2. The van der Waals surface area contributed by atoms with Crippen LogP contribution in [0.3, 0.4) is 0 Å². The Labute approximate surface area is 190 Å². The van der Waals surface area contributed by atoms with Gasteiger partial charge in [-0.25, -0.2) is 0 Å². The highest BCUT2D eigenvalue weighted by atomic mass is 16.3. The van der Waals surface area contributed by atoms with Gasteiger partial charge in [0.1, 0.15) is 5.75 Å². The van der Waals surface area contributed by atoms with E-state index in [0.29, 0.717) is 24.4 Å². The van der Waals surface area contributed by atoms with E-state index in [1.165, 1.54) is 6.07 Å².